The van der Waals surface area contributed by atoms with Gasteiger partial charge >= 0.3 is 0 Å². The lowest BCUT2D eigenvalue weighted by Gasteiger charge is -2.32. The number of thiazole rings is 1. The molecule has 25 heavy (non-hydrogen) atoms. The lowest BCUT2D eigenvalue weighted by Crippen LogP contribution is -2.41. The number of carbonyl (C=O) groups is 1. The molecule has 0 spiro atoms. The van der Waals surface area contributed by atoms with Crippen LogP contribution in [0.3, 0.4) is 0 Å². The summed E-state index contributed by atoms with van der Waals surface area (Å²) in [7, 11) is 1.58. The van der Waals surface area contributed by atoms with E-state index in [1.165, 1.54) is 11.3 Å². The van der Waals surface area contributed by atoms with Crippen LogP contribution in [0.15, 0.2) is 24.3 Å². The van der Waals surface area contributed by atoms with Crippen molar-refractivity contribution in [3.05, 3.63) is 40.4 Å². The second-order valence-electron chi connectivity index (χ2n) is 6.43. The third kappa shape index (κ3) is 4.12. The Morgan fingerprint density at radius 3 is 2.88 bits per heavy atom. The van der Waals surface area contributed by atoms with E-state index in [1.807, 2.05) is 43.0 Å². The quantitative estimate of drug-likeness (QED) is 0.816. The molecule has 2 aromatic rings. The number of para-hydroxylation sites is 1. The first kappa shape index (κ1) is 17.7. The van der Waals surface area contributed by atoms with Crippen molar-refractivity contribution in [3.63, 3.8) is 0 Å². The van der Waals surface area contributed by atoms with Gasteiger partial charge < -0.3 is 14.4 Å². The van der Waals surface area contributed by atoms with Gasteiger partial charge in [0.15, 0.2) is 0 Å². The van der Waals surface area contributed by atoms with Crippen LogP contribution in [0, 0.1) is 19.8 Å². The number of benzene rings is 1. The van der Waals surface area contributed by atoms with Gasteiger partial charge in [-0.15, -0.1) is 0 Å². The maximum Gasteiger partial charge on any atom is 0.273 e. The maximum atomic E-state index is 12.8. The first-order chi connectivity index (χ1) is 12.1. The summed E-state index contributed by atoms with van der Waals surface area (Å²) in [4.78, 5) is 19.7. The summed E-state index contributed by atoms with van der Waals surface area (Å²) in [6.45, 7) is 6.06. The first-order valence-electron chi connectivity index (χ1n) is 8.57. The average molecular weight is 360 g/mol. The largest absolute Gasteiger partial charge is 0.493 e. The Hall–Kier alpha value is -2.08. The predicted octanol–water partition coefficient (Wildman–Crippen LogP) is 3.70. The van der Waals surface area contributed by atoms with Crippen LogP contribution in [0.5, 0.6) is 10.9 Å². The van der Waals surface area contributed by atoms with Gasteiger partial charge in [0.2, 0.25) is 0 Å². The Bertz CT molecular complexity index is 744. The van der Waals surface area contributed by atoms with Crippen molar-refractivity contribution < 1.29 is 14.3 Å². The minimum atomic E-state index is 0.0545. The number of amides is 1. The molecule has 1 aromatic heterocycles. The van der Waals surface area contributed by atoms with Gasteiger partial charge in [-0.25, -0.2) is 4.98 Å². The van der Waals surface area contributed by atoms with Crippen LogP contribution in [-0.2, 0) is 0 Å². The molecule has 0 bridgehead atoms. The highest BCUT2D eigenvalue weighted by Gasteiger charge is 2.27. The lowest BCUT2D eigenvalue weighted by atomic mass is 9.98. The maximum absolute atomic E-state index is 12.8. The fourth-order valence-corrected chi connectivity index (χ4v) is 3.96. The smallest absolute Gasteiger partial charge is 0.273 e. The first-order valence-corrected chi connectivity index (χ1v) is 9.39. The molecule has 1 saturated heterocycles. The zero-order chi connectivity index (χ0) is 17.8. The molecule has 134 valence electrons. The Balaban J connectivity index is 1.61. The van der Waals surface area contributed by atoms with Gasteiger partial charge in [0.05, 0.1) is 19.4 Å². The van der Waals surface area contributed by atoms with E-state index in [0.29, 0.717) is 22.6 Å². The van der Waals surface area contributed by atoms with E-state index in [0.717, 1.165) is 42.9 Å². The summed E-state index contributed by atoms with van der Waals surface area (Å²) in [6, 6.07) is 8.04. The molecule has 0 aliphatic carbocycles. The van der Waals surface area contributed by atoms with Crippen LogP contribution < -0.4 is 9.47 Å². The number of aromatic nitrogens is 1. The molecule has 0 unspecified atom stereocenters. The standard InChI is InChI=1S/C19H24N2O3S/c1-13-7-4-5-9-16(13)24-12-15-8-6-10-21(11-15)18(22)17-14(2)20-19(23-3)25-17/h4-5,7,9,15H,6,8,10-12H2,1-3H3/t15-/m0/s1. The number of ether oxygens (including phenoxy) is 2. The van der Waals surface area contributed by atoms with Crippen LogP contribution in [-0.4, -0.2) is 42.6 Å². The fraction of sp³-hybridized carbons (Fsp3) is 0.474. The molecule has 1 atom stereocenters. The number of hydrogen-bond acceptors (Lipinski definition) is 5. The summed E-state index contributed by atoms with van der Waals surface area (Å²) < 4.78 is 11.1. The molecule has 5 nitrogen and oxygen atoms in total. The highest BCUT2D eigenvalue weighted by Crippen LogP contribution is 2.28. The number of methoxy groups -OCH3 is 1. The molecular weight excluding hydrogens is 336 g/mol. The normalized spacial score (nSPS) is 17.4. The van der Waals surface area contributed by atoms with Crippen molar-refractivity contribution in [3.8, 4) is 10.9 Å². The summed E-state index contributed by atoms with van der Waals surface area (Å²) in [6.07, 6.45) is 2.09. The average Bonchev–Trinajstić information content (AvgIpc) is 3.01. The summed E-state index contributed by atoms with van der Waals surface area (Å²) in [5.74, 6) is 1.33. The van der Waals surface area contributed by atoms with E-state index in [-0.39, 0.29) is 5.91 Å². The molecule has 1 fully saturated rings. The summed E-state index contributed by atoms with van der Waals surface area (Å²) in [5, 5.41) is 0.539. The molecule has 1 aromatic carbocycles. The Kier molecular flexibility index (Phi) is 5.58. The Morgan fingerprint density at radius 2 is 2.16 bits per heavy atom. The second-order valence-corrected chi connectivity index (χ2v) is 7.40. The van der Waals surface area contributed by atoms with Crippen LogP contribution in [0.25, 0.3) is 0 Å². The topological polar surface area (TPSA) is 51.7 Å². The van der Waals surface area contributed by atoms with Crippen molar-refractivity contribution in [2.24, 2.45) is 5.92 Å². The Morgan fingerprint density at radius 1 is 1.36 bits per heavy atom. The van der Waals surface area contributed by atoms with Crippen LogP contribution >= 0.6 is 11.3 Å². The zero-order valence-corrected chi connectivity index (χ0v) is 15.8. The fourth-order valence-electron chi connectivity index (χ4n) is 3.11. The van der Waals surface area contributed by atoms with E-state index in [2.05, 4.69) is 4.98 Å². The van der Waals surface area contributed by atoms with Gasteiger partial charge in [0, 0.05) is 19.0 Å². The van der Waals surface area contributed by atoms with Crippen molar-refractivity contribution in [2.75, 3.05) is 26.8 Å². The Labute approximate surface area is 152 Å². The van der Waals surface area contributed by atoms with Gasteiger partial charge in [0.1, 0.15) is 10.6 Å². The van der Waals surface area contributed by atoms with E-state index in [4.69, 9.17) is 9.47 Å². The number of piperidine rings is 1. The van der Waals surface area contributed by atoms with Gasteiger partial charge in [-0.3, -0.25) is 4.79 Å². The molecule has 3 rings (SSSR count). The second kappa shape index (κ2) is 7.87. The van der Waals surface area contributed by atoms with E-state index in [9.17, 15) is 4.79 Å². The highest BCUT2D eigenvalue weighted by atomic mass is 32.1. The summed E-state index contributed by atoms with van der Waals surface area (Å²) in [5.41, 5.74) is 1.88. The molecule has 2 heterocycles. The molecule has 0 N–H and O–H groups in total. The number of carbonyl (C=O) groups excluding carboxylic acids is 1. The van der Waals surface area contributed by atoms with Gasteiger partial charge in [-0.2, -0.15) is 0 Å². The molecular formula is C19H24N2O3S. The molecule has 0 radical (unpaired) electrons. The van der Waals surface area contributed by atoms with Gasteiger partial charge in [0.25, 0.3) is 11.1 Å². The van der Waals surface area contributed by atoms with Crippen molar-refractivity contribution in [2.45, 2.75) is 26.7 Å². The molecule has 0 saturated carbocycles. The number of nitrogens with zero attached hydrogens (tertiary/aromatic N) is 2. The molecule has 1 aliphatic rings. The third-order valence-corrected chi connectivity index (χ3v) is 5.63. The van der Waals surface area contributed by atoms with E-state index in [1.54, 1.807) is 7.11 Å². The number of aryl methyl sites for hydroxylation is 2. The minimum absolute atomic E-state index is 0.0545. The number of hydrogen-bond donors (Lipinski definition) is 0. The molecule has 6 heteroatoms. The molecule has 1 aliphatic heterocycles. The molecule has 1 amide bonds. The monoisotopic (exact) mass is 360 g/mol. The van der Waals surface area contributed by atoms with Crippen molar-refractivity contribution in [1.29, 1.82) is 0 Å². The number of likely N-dealkylation sites (tertiary alicyclic amines) is 1. The zero-order valence-electron chi connectivity index (χ0n) is 14.9. The van der Waals surface area contributed by atoms with Gasteiger partial charge in [-0.1, -0.05) is 29.5 Å². The SMILES string of the molecule is COc1nc(C)c(C(=O)N2CCC[C@H](COc3ccccc3C)C2)s1. The summed E-state index contributed by atoms with van der Waals surface area (Å²) >= 11 is 1.32. The highest BCUT2D eigenvalue weighted by molar-refractivity contribution is 7.15. The third-order valence-electron chi connectivity index (χ3n) is 4.52. The van der Waals surface area contributed by atoms with E-state index >= 15 is 0 Å². The lowest BCUT2D eigenvalue weighted by molar-refractivity contribution is 0.0637. The number of rotatable bonds is 5. The van der Waals surface area contributed by atoms with Crippen molar-refractivity contribution >= 4 is 17.2 Å². The van der Waals surface area contributed by atoms with Gasteiger partial charge in [-0.05, 0) is 38.3 Å². The predicted molar refractivity (Wildman–Crippen MR) is 98.7 cm³/mol. The van der Waals surface area contributed by atoms with Crippen LogP contribution in [0.4, 0.5) is 0 Å². The minimum Gasteiger partial charge on any atom is -0.493 e. The van der Waals surface area contributed by atoms with Crippen molar-refractivity contribution in [1.82, 2.24) is 9.88 Å². The van der Waals surface area contributed by atoms with Crippen LogP contribution in [0.1, 0.15) is 33.8 Å². The van der Waals surface area contributed by atoms with Crippen LogP contribution in [0.2, 0.25) is 0 Å². The van der Waals surface area contributed by atoms with E-state index < -0.39 is 0 Å².